The molecule has 0 saturated heterocycles. The van der Waals surface area contributed by atoms with Gasteiger partial charge in [-0.2, -0.15) is 0 Å². The molecule has 1 amide bonds. The van der Waals surface area contributed by atoms with Crippen LogP contribution in [0.4, 0.5) is 5.69 Å². The van der Waals surface area contributed by atoms with E-state index in [9.17, 15) is 14.9 Å². The van der Waals surface area contributed by atoms with Gasteiger partial charge >= 0.3 is 0 Å². The van der Waals surface area contributed by atoms with Crippen LogP contribution in [-0.4, -0.2) is 22.8 Å². The zero-order valence-corrected chi connectivity index (χ0v) is 14.2. The Balaban J connectivity index is 1.81. The first-order valence-corrected chi connectivity index (χ1v) is 8.00. The van der Waals surface area contributed by atoms with Gasteiger partial charge in [0.1, 0.15) is 0 Å². The highest BCUT2D eigenvalue weighted by Gasteiger charge is 2.18. The van der Waals surface area contributed by atoms with Gasteiger partial charge in [-0.05, 0) is 28.5 Å². The Kier molecular flexibility index (Phi) is 4.67. The van der Waals surface area contributed by atoms with E-state index in [-0.39, 0.29) is 22.2 Å². The lowest BCUT2D eigenvalue weighted by molar-refractivity contribution is -0.384. The normalized spacial score (nSPS) is 10.6. The number of hydrogen-bond donors (Lipinski definition) is 0. The van der Waals surface area contributed by atoms with Crippen molar-refractivity contribution in [2.24, 2.45) is 0 Å². The predicted molar refractivity (Wildman–Crippen MR) is 97.9 cm³/mol. The molecule has 0 aliphatic heterocycles. The minimum absolute atomic E-state index is 0.0737. The van der Waals surface area contributed by atoms with Crippen LogP contribution < -0.4 is 0 Å². The Morgan fingerprint density at radius 1 is 1.08 bits per heavy atom. The number of halogens is 1. The molecular weight excluding hydrogens is 340 g/mol. The summed E-state index contributed by atoms with van der Waals surface area (Å²) in [5.74, 6) is -0.284. The molecule has 126 valence electrons. The van der Waals surface area contributed by atoms with Crippen LogP contribution in [0, 0.1) is 10.1 Å². The van der Waals surface area contributed by atoms with Crippen molar-refractivity contribution in [2.75, 3.05) is 7.05 Å². The van der Waals surface area contributed by atoms with Gasteiger partial charge in [0.15, 0.2) is 0 Å². The van der Waals surface area contributed by atoms with Gasteiger partial charge < -0.3 is 4.90 Å². The lowest BCUT2D eigenvalue weighted by atomic mass is 10.1. The molecule has 0 aromatic heterocycles. The van der Waals surface area contributed by atoms with E-state index in [4.69, 9.17) is 11.6 Å². The fourth-order valence-corrected chi connectivity index (χ4v) is 2.94. The van der Waals surface area contributed by atoms with Crippen LogP contribution in [0.2, 0.25) is 5.02 Å². The topological polar surface area (TPSA) is 63.5 Å². The molecule has 0 N–H and O–H groups in total. The average Bonchev–Trinajstić information content (AvgIpc) is 2.60. The van der Waals surface area contributed by atoms with Crippen LogP contribution in [0.1, 0.15) is 15.9 Å². The van der Waals surface area contributed by atoms with Crippen LogP contribution in [0.15, 0.2) is 60.7 Å². The number of benzene rings is 3. The first-order valence-electron chi connectivity index (χ1n) is 7.63. The molecule has 0 saturated carbocycles. The second-order valence-corrected chi connectivity index (χ2v) is 6.17. The SMILES string of the molecule is CN(Cc1ccc2ccccc2c1)C(=O)c1ccc([N+](=O)[O-])cc1Cl. The summed E-state index contributed by atoms with van der Waals surface area (Å²) in [6.45, 7) is 0.414. The van der Waals surface area contributed by atoms with Gasteiger partial charge in [0.05, 0.1) is 15.5 Å². The molecule has 0 aliphatic carbocycles. The number of nitro groups is 1. The number of fused-ring (bicyclic) bond motifs is 1. The van der Waals surface area contributed by atoms with E-state index in [0.29, 0.717) is 6.54 Å². The van der Waals surface area contributed by atoms with Gasteiger partial charge in [-0.15, -0.1) is 0 Å². The van der Waals surface area contributed by atoms with Crippen molar-refractivity contribution in [1.82, 2.24) is 4.90 Å². The highest BCUT2D eigenvalue weighted by Crippen LogP contribution is 2.24. The van der Waals surface area contributed by atoms with Gasteiger partial charge in [0.2, 0.25) is 0 Å². The Bertz CT molecular complexity index is 972. The molecule has 0 aliphatic rings. The molecule has 0 fully saturated rings. The molecule has 5 nitrogen and oxygen atoms in total. The minimum Gasteiger partial charge on any atom is -0.337 e. The number of non-ortho nitro benzene ring substituents is 1. The number of hydrogen-bond acceptors (Lipinski definition) is 3. The second kappa shape index (κ2) is 6.91. The highest BCUT2D eigenvalue weighted by molar-refractivity contribution is 6.34. The number of carbonyl (C=O) groups excluding carboxylic acids is 1. The summed E-state index contributed by atoms with van der Waals surface area (Å²) >= 11 is 6.04. The molecule has 0 heterocycles. The smallest absolute Gasteiger partial charge is 0.270 e. The Hall–Kier alpha value is -2.92. The number of amides is 1. The quantitative estimate of drug-likeness (QED) is 0.505. The van der Waals surface area contributed by atoms with Crippen molar-refractivity contribution in [2.45, 2.75) is 6.54 Å². The Morgan fingerprint density at radius 2 is 1.80 bits per heavy atom. The van der Waals surface area contributed by atoms with Crippen molar-refractivity contribution >= 4 is 34.0 Å². The predicted octanol–water partition coefficient (Wildman–Crippen LogP) is 4.67. The summed E-state index contributed by atoms with van der Waals surface area (Å²) < 4.78 is 0. The zero-order chi connectivity index (χ0) is 18.0. The minimum atomic E-state index is -0.543. The third kappa shape index (κ3) is 3.61. The summed E-state index contributed by atoms with van der Waals surface area (Å²) in [5, 5.41) is 13.1. The molecule has 0 atom stereocenters. The van der Waals surface area contributed by atoms with Crippen LogP contribution >= 0.6 is 11.6 Å². The second-order valence-electron chi connectivity index (χ2n) is 5.76. The summed E-state index contributed by atoms with van der Waals surface area (Å²) in [4.78, 5) is 24.4. The molecule has 3 aromatic rings. The molecule has 0 bridgehead atoms. The van der Waals surface area contributed by atoms with Crippen molar-refractivity contribution in [3.63, 3.8) is 0 Å². The number of nitro benzene ring substituents is 1. The summed E-state index contributed by atoms with van der Waals surface area (Å²) in [7, 11) is 1.68. The molecule has 0 spiro atoms. The molecule has 3 aromatic carbocycles. The van der Waals surface area contributed by atoms with Gasteiger partial charge in [-0.3, -0.25) is 14.9 Å². The Labute approximate surface area is 149 Å². The maximum Gasteiger partial charge on any atom is 0.270 e. The van der Waals surface area contributed by atoms with Crippen LogP contribution in [0.25, 0.3) is 10.8 Å². The first-order chi connectivity index (χ1) is 12.0. The van der Waals surface area contributed by atoms with Gasteiger partial charge in [-0.25, -0.2) is 0 Å². The third-order valence-electron chi connectivity index (χ3n) is 3.97. The van der Waals surface area contributed by atoms with E-state index in [0.717, 1.165) is 16.3 Å². The fourth-order valence-electron chi connectivity index (χ4n) is 2.68. The van der Waals surface area contributed by atoms with E-state index >= 15 is 0 Å². The number of nitrogens with zero attached hydrogens (tertiary/aromatic N) is 2. The number of carbonyl (C=O) groups is 1. The monoisotopic (exact) mass is 354 g/mol. The van der Waals surface area contributed by atoms with Crippen molar-refractivity contribution < 1.29 is 9.72 Å². The van der Waals surface area contributed by atoms with Crippen LogP contribution in [-0.2, 0) is 6.54 Å². The van der Waals surface area contributed by atoms with Crippen molar-refractivity contribution in [3.05, 3.63) is 86.9 Å². The molecule has 0 radical (unpaired) electrons. The fraction of sp³-hybridized carbons (Fsp3) is 0.105. The standard InChI is InChI=1S/C19H15ClN2O3/c1-21(12-13-6-7-14-4-2-3-5-15(14)10-13)19(23)17-9-8-16(22(24)25)11-18(17)20/h2-11H,12H2,1H3. The van der Waals surface area contributed by atoms with Crippen LogP contribution in [0.3, 0.4) is 0 Å². The van der Waals surface area contributed by atoms with E-state index in [2.05, 4.69) is 0 Å². The van der Waals surface area contributed by atoms with Crippen molar-refractivity contribution in [1.29, 1.82) is 0 Å². The third-order valence-corrected chi connectivity index (χ3v) is 4.29. The highest BCUT2D eigenvalue weighted by atomic mass is 35.5. The number of rotatable bonds is 4. The van der Waals surface area contributed by atoms with E-state index in [1.807, 2.05) is 42.5 Å². The average molecular weight is 355 g/mol. The molecule has 3 rings (SSSR count). The van der Waals surface area contributed by atoms with Crippen LogP contribution in [0.5, 0.6) is 0 Å². The van der Waals surface area contributed by atoms with E-state index in [1.54, 1.807) is 7.05 Å². The van der Waals surface area contributed by atoms with Gasteiger partial charge in [0, 0.05) is 25.7 Å². The molecule has 25 heavy (non-hydrogen) atoms. The maximum atomic E-state index is 12.6. The van der Waals surface area contributed by atoms with E-state index in [1.165, 1.54) is 23.1 Å². The van der Waals surface area contributed by atoms with Gasteiger partial charge in [-0.1, -0.05) is 48.0 Å². The maximum absolute atomic E-state index is 12.6. The lowest BCUT2D eigenvalue weighted by Gasteiger charge is -2.18. The Morgan fingerprint density at radius 3 is 2.48 bits per heavy atom. The summed E-state index contributed by atoms with van der Waals surface area (Å²) in [6.07, 6.45) is 0. The summed E-state index contributed by atoms with van der Waals surface area (Å²) in [5.41, 5.74) is 1.10. The molecular formula is C19H15ClN2O3. The van der Waals surface area contributed by atoms with Gasteiger partial charge in [0.25, 0.3) is 11.6 Å². The molecule has 0 unspecified atom stereocenters. The molecule has 6 heteroatoms. The largest absolute Gasteiger partial charge is 0.337 e. The first kappa shape index (κ1) is 16.9. The summed E-state index contributed by atoms with van der Waals surface area (Å²) in [6, 6.07) is 17.9. The van der Waals surface area contributed by atoms with Crippen molar-refractivity contribution in [3.8, 4) is 0 Å². The lowest BCUT2D eigenvalue weighted by Crippen LogP contribution is -2.26. The zero-order valence-electron chi connectivity index (χ0n) is 13.5. The van der Waals surface area contributed by atoms with E-state index < -0.39 is 4.92 Å².